The van der Waals surface area contributed by atoms with Gasteiger partial charge in [-0.15, -0.1) is 0 Å². The molecule has 1 saturated heterocycles. The van der Waals surface area contributed by atoms with Gasteiger partial charge in [0.05, 0.1) is 17.7 Å². The standard InChI is InChI=1S/C21H24N2O6S/c1-3-23(16-10-12-30(26,27)14-16)20(24)15(2)28-21(25)18-8-4-5-9-19(18)29-17-7-6-11-22-13-17/h4-9,11,13,15-16H,3,10,12,14H2,1-2H3. The van der Waals surface area contributed by atoms with Gasteiger partial charge >= 0.3 is 5.97 Å². The van der Waals surface area contributed by atoms with Crippen molar-refractivity contribution < 1.29 is 27.5 Å². The predicted octanol–water partition coefficient (Wildman–Crippen LogP) is 2.45. The molecule has 160 valence electrons. The first kappa shape index (κ1) is 21.8. The fourth-order valence-corrected chi connectivity index (χ4v) is 5.11. The molecular formula is C21H24N2O6S. The summed E-state index contributed by atoms with van der Waals surface area (Å²) in [7, 11) is -3.13. The molecule has 0 radical (unpaired) electrons. The van der Waals surface area contributed by atoms with Crippen molar-refractivity contribution in [2.24, 2.45) is 0 Å². The highest BCUT2D eigenvalue weighted by Gasteiger charge is 2.36. The summed E-state index contributed by atoms with van der Waals surface area (Å²) < 4.78 is 34.6. The third kappa shape index (κ3) is 5.15. The van der Waals surface area contributed by atoms with E-state index in [0.29, 0.717) is 18.7 Å². The maximum absolute atomic E-state index is 12.8. The Kier molecular flexibility index (Phi) is 6.71. The van der Waals surface area contributed by atoms with Gasteiger partial charge in [0.2, 0.25) is 0 Å². The number of benzene rings is 1. The van der Waals surface area contributed by atoms with Crippen molar-refractivity contribution in [1.29, 1.82) is 0 Å². The lowest BCUT2D eigenvalue weighted by atomic mass is 10.2. The number of hydrogen-bond donors (Lipinski definition) is 0. The second-order valence-corrected chi connectivity index (χ2v) is 9.24. The van der Waals surface area contributed by atoms with Crippen LogP contribution in [0.1, 0.15) is 30.6 Å². The molecule has 0 aliphatic carbocycles. The Bertz CT molecular complexity index is 1010. The maximum atomic E-state index is 12.8. The number of sulfone groups is 1. The van der Waals surface area contributed by atoms with Crippen LogP contribution in [0.15, 0.2) is 48.8 Å². The van der Waals surface area contributed by atoms with Crippen LogP contribution in [0, 0.1) is 0 Å². The molecule has 1 aromatic carbocycles. The summed E-state index contributed by atoms with van der Waals surface area (Å²) in [5.41, 5.74) is 0.174. The van der Waals surface area contributed by atoms with Crippen LogP contribution in [0.3, 0.4) is 0 Å². The molecule has 2 unspecified atom stereocenters. The van der Waals surface area contributed by atoms with E-state index < -0.39 is 33.9 Å². The summed E-state index contributed by atoms with van der Waals surface area (Å²) in [5.74, 6) is -0.376. The van der Waals surface area contributed by atoms with Crippen LogP contribution in [-0.2, 0) is 19.4 Å². The molecule has 1 fully saturated rings. The first-order valence-corrected chi connectivity index (χ1v) is 11.5. The molecule has 0 spiro atoms. The van der Waals surface area contributed by atoms with Crippen LogP contribution in [0.2, 0.25) is 0 Å². The summed E-state index contributed by atoms with van der Waals surface area (Å²) in [6.45, 7) is 3.59. The van der Waals surface area contributed by atoms with Gasteiger partial charge in [-0.3, -0.25) is 9.78 Å². The zero-order chi connectivity index (χ0) is 21.7. The number of ether oxygens (including phenoxy) is 2. The molecule has 0 bridgehead atoms. The minimum Gasteiger partial charge on any atom is -0.455 e. The average Bonchev–Trinajstić information content (AvgIpc) is 3.09. The van der Waals surface area contributed by atoms with E-state index in [-0.39, 0.29) is 22.8 Å². The van der Waals surface area contributed by atoms with Gasteiger partial charge in [0.1, 0.15) is 17.1 Å². The Morgan fingerprint density at radius 2 is 2.00 bits per heavy atom. The number of pyridine rings is 1. The minimum atomic E-state index is -3.13. The fraction of sp³-hybridized carbons (Fsp3) is 0.381. The summed E-state index contributed by atoms with van der Waals surface area (Å²) in [6, 6.07) is 9.58. The van der Waals surface area contributed by atoms with Crippen molar-refractivity contribution >= 4 is 21.7 Å². The van der Waals surface area contributed by atoms with Gasteiger partial charge in [-0.1, -0.05) is 12.1 Å². The SMILES string of the molecule is CCN(C(=O)C(C)OC(=O)c1ccccc1Oc1cccnc1)C1CCS(=O)(=O)C1. The van der Waals surface area contributed by atoms with E-state index in [1.54, 1.807) is 49.5 Å². The quantitative estimate of drug-likeness (QED) is 0.619. The van der Waals surface area contributed by atoms with Gasteiger partial charge in [0, 0.05) is 18.8 Å². The number of rotatable bonds is 7. The summed E-state index contributed by atoms with van der Waals surface area (Å²) in [4.78, 5) is 31.0. The van der Waals surface area contributed by atoms with Crippen LogP contribution >= 0.6 is 0 Å². The third-order valence-electron chi connectivity index (χ3n) is 4.87. The molecule has 2 heterocycles. The van der Waals surface area contributed by atoms with Crippen molar-refractivity contribution in [3.05, 3.63) is 54.4 Å². The smallest absolute Gasteiger partial charge is 0.342 e. The molecule has 2 aromatic rings. The molecule has 3 rings (SSSR count). The lowest BCUT2D eigenvalue weighted by Gasteiger charge is -2.29. The summed E-state index contributed by atoms with van der Waals surface area (Å²) in [6.07, 6.45) is 2.45. The molecule has 1 aromatic heterocycles. The number of likely N-dealkylation sites (N-methyl/N-ethyl adjacent to an activating group) is 1. The number of hydrogen-bond acceptors (Lipinski definition) is 7. The van der Waals surface area contributed by atoms with E-state index in [1.165, 1.54) is 18.0 Å². The third-order valence-corrected chi connectivity index (χ3v) is 6.62. The van der Waals surface area contributed by atoms with Crippen molar-refractivity contribution in [2.45, 2.75) is 32.4 Å². The number of nitrogens with zero attached hydrogens (tertiary/aromatic N) is 2. The Labute approximate surface area is 175 Å². The van der Waals surface area contributed by atoms with E-state index >= 15 is 0 Å². The van der Waals surface area contributed by atoms with Gasteiger partial charge in [0.25, 0.3) is 5.91 Å². The van der Waals surface area contributed by atoms with E-state index in [9.17, 15) is 18.0 Å². The van der Waals surface area contributed by atoms with Crippen molar-refractivity contribution in [3.63, 3.8) is 0 Å². The van der Waals surface area contributed by atoms with E-state index in [2.05, 4.69) is 4.98 Å². The lowest BCUT2D eigenvalue weighted by Crippen LogP contribution is -2.46. The fourth-order valence-electron chi connectivity index (χ4n) is 3.38. The van der Waals surface area contributed by atoms with Gasteiger partial charge in [0.15, 0.2) is 15.9 Å². The molecule has 1 aliphatic heterocycles. The molecule has 30 heavy (non-hydrogen) atoms. The Morgan fingerprint density at radius 1 is 1.23 bits per heavy atom. The molecule has 9 heteroatoms. The van der Waals surface area contributed by atoms with Gasteiger partial charge in [-0.05, 0) is 44.5 Å². The van der Waals surface area contributed by atoms with Gasteiger partial charge in [-0.25, -0.2) is 13.2 Å². The van der Waals surface area contributed by atoms with Gasteiger partial charge < -0.3 is 14.4 Å². The Morgan fingerprint density at radius 3 is 2.63 bits per heavy atom. The number of para-hydroxylation sites is 1. The largest absolute Gasteiger partial charge is 0.455 e. The highest BCUT2D eigenvalue weighted by Crippen LogP contribution is 2.26. The molecule has 1 amide bonds. The summed E-state index contributed by atoms with van der Waals surface area (Å²) >= 11 is 0. The normalized spacial score (nSPS) is 18.4. The monoisotopic (exact) mass is 432 g/mol. The molecule has 0 N–H and O–H groups in total. The van der Waals surface area contributed by atoms with Crippen LogP contribution in [0.4, 0.5) is 0 Å². The van der Waals surface area contributed by atoms with E-state index in [4.69, 9.17) is 9.47 Å². The van der Waals surface area contributed by atoms with E-state index in [1.807, 2.05) is 0 Å². The number of aromatic nitrogens is 1. The van der Waals surface area contributed by atoms with Crippen LogP contribution in [0.5, 0.6) is 11.5 Å². The van der Waals surface area contributed by atoms with Gasteiger partial charge in [-0.2, -0.15) is 0 Å². The zero-order valence-electron chi connectivity index (χ0n) is 16.9. The van der Waals surface area contributed by atoms with Crippen molar-refractivity contribution in [1.82, 2.24) is 9.88 Å². The first-order chi connectivity index (χ1) is 14.3. The second-order valence-electron chi connectivity index (χ2n) is 7.02. The molecule has 8 nitrogen and oxygen atoms in total. The minimum absolute atomic E-state index is 0.0605. The number of amides is 1. The molecule has 1 aliphatic rings. The average molecular weight is 432 g/mol. The Hall–Kier alpha value is -2.94. The Balaban J connectivity index is 1.70. The number of carbonyl (C=O) groups excluding carboxylic acids is 2. The van der Waals surface area contributed by atoms with Crippen molar-refractivity contribution in [2.75, 3.05) is 18.1 Å². The number of esters is 1. The van der Waals surface area contributed by atoms with Crippen molar-refractivity contribution in [3.8, 4) is 11.5 Å². The summed E-state index contributed by atoms with van der Waals surface area (Å²) in [5, 5.41) is 0. The molecule has 0 saturated carbocycles. The van der Waals surface area contributed by atoms with E-state index in [0.717, 1.165) is 0 Å². The predicted molar refractivity (Wildman–Crippen MR) is 110 cm³/mol. The van der Waals surface area contributed by atoms with Crippen LogP contribution in [0.25, 0.3) is 0 Å². The first-order valence-electron chi connectivity index (χ1n) is 9.69. The molecule has 2 atom stereocenters. The lowest BCUT2D eigenvalue weighted by molar-refractivity contribution is -0.141. The number of carbonyl (C=O) groups is 2. The zero-order valence-corrected chi connectivity index (χ0v) is 17.7. The maximum Gasteiger partial charge on any atom is 0.342 e. The topological polar surface area (TPSA) is 103 Å². The highest BCUT2D eigenvalue weighted by atomic mass is 32.2. The molecular weight excluding hydrogens is 408 g/mol. The second kappa shape index (κ2) is 9.25. The highest BCUT2D eigenvalue weighted by molar-refractivity contribution is 7.91. The van der Waals surface area contributed by atoms with Crippen LogP contribution in [-0.4, -0.2) is 60.4 Å². The van der Waals surface area contributed by atoms with Crippen LogP contribution < -0.4 is 4.74 Å².